The second-order valence-corrected chi connectivity index (χ2v) is 16.5. The van der Waals surface area contributed by atoms with Crippen molar-refractivity contribution in [2.24, 2.45) is 0 Å². The molecule has 1 aromatic carbocycles. The van der Waals surface area contributed by atoms with Gasteiger partial charge in [-0.25, -0.2) is 9.50 Å². The van der Waals surface area contributed by atoms with Crippen LogP contribution in [0.25, 0.3) is 16.6 Å². The van der Waals surface area contributed by atoms with Crippen LogP contribution in [0.15, 0.2) is 61.1 Å². The van der Waals surface area contributed by atoms with Crippen molar-refractivity contribution in [3.05, 3.63) is 72.2 Å². The zero-order valence-electron chi connectivity index (χ0n) is 24.5. The molecule has 1 saturated heterocycles. The number of benzene rings is 1. The van der Waals surface area contributed by atoms with E-state index in [1.807, 2.05) is 42.5 Å². The molecule has 0 saturated carbocycles. The maximum Gasteiger partial charge on any atom is 0.149 e. The van der Waals surface area contributed by atoms with Gasteiger partial charge in [0.1, 0.15) is 49.8 Å². The van der Waals surface area contributed by atoms with E-state index in [2.05, 4.69) is 59.0 Å². The summed E-state index contributed by atoms with van der Waals surface area (Å²) in [6.07, 6.45) is 5.13. The highest BCUT2D eigenvalue weighted by Crippen LogP contribution is 2.32. The van der Waals surface area contributed by atoms with Crippen LogP contribution in [0, 0.1) is 34.6 Å². The Bertz CT molecular complexity index is 1750. The SMILES string of the molecule is CC(C)(O)C#CCOc1cc(-c2ccc(N3CC(Oc4ccc(C#C[Si](C)(C)C)cc4)C3)nc2)c2c(C#N)cnn2c1. The average Bonchev–Trinajstić information content (AvgIpc) is 3.34. The molecule has 4 aromatic rings. The summed E-state index contributed by atoms with van der Waals surface area (Å²) in [5.41, 5.74) is 6.05. The van der Waals surface area contributed by atoms with E-state index < -0.39 is 13.7 Å². The first kappa shape index (κ1) is 28.8. The Balaban J connectivity index is 1.26. The lowest BCUT2D eigenvalue weighted by Crippen LogP contribution is -2.54. The van der Waals surface area contributed by atoms with Crippen LogP contribution in [0.3, 0.4) is 0 Å². The van der Waals surface area contributed by atoms with Gasteiger partial charge in [-0.1, -0.05) is 37.4 Å². The van der Waals surface area contributed by atoms with Crippen LogP contribution >= 0.6 is 0 Å². The van der Waals surface area contributed by atoms with Gasteiger partial charge in [0.05, 0.1) is 36.6 Å². The second-order valence-electron chi connectivity index (χ2n) is 11.8. The molecule has 0 aliphatic carbocycles. The number of pyridine rings is 2. The predicted molar refractivity (Wildman–Crippen MR) is 166 cm³/mol. The summed E-state index contributed by atoms with van der Waals surface area (Å²) in [5, 5.41) is 23.8. The lowest BCUT2D eigenvalue weighted by molar-refractivity contribution is 0.143. The van der Waals surface area contributed by atoms with Crippen molar-refractivity contribution in [1.82, 2.24) is 14.6 Å². The van der Waals surface area contributed by atoms with Crippen LogP contribution < -0.4 is 14.4 Å². The molecule has 0 bridgehead atoms. The zero-order chi connectivity index (χ0) is 29.9. The third-order valence-corrected chi connectivity index (χ3v) is 7.26. The number of hydrogen-bond acceptors (Lipinski definition) is 7. The van der Waals surface area contributed by atoms with Gasteiger partial charge >= 0.3 is 0 Å². The molecule has 9 heteroatoms. The second kappa shape index (κ2) is 11.6. The predicted octanol–water partition coefficient (Wildman–Crippen LogP) is 4.92. The summed E-state index contributed by atoms with van der Waals surface area (Å²) >= 11 is 0. The molecule has 0 unspecified atom stereocenters. The highest BCUT2D eigenvalue weighted by Gasteiger charge is 2.29. The van der Waals surface area contributed by atoms with Crippen molar-refractivity contribution in [3.63, 3.8) is 0 Å². The van der Waals surface area contributed by atoms with Crippen molar-refractivity contribution in [2.45, 2.75) is 45.2 Å². The van der Waals surface area contributed by atoms with Gasteiger partial charge in [0, 0.05) is 22.9 Å². The Morgan fingerprint density at radius 2 is 1.83 bits per heavy atom. The Morgan fingerprint density at radius 1 is 1.07 bits per heavy atom. The highest BCUT2D eigenvalue weighted by atomic mass is 28.3. The molecule has 212 valence electrons. The van der Waals surface area contributed by atoms with Crippen molar-refractivity contribution < 1.29 is 14.6 Å². The van der Waals surface area contributed by atoms with E-state index in [-0.39, 0.29) is 12.7 Å². The van der Waals surface area contributed by atoms with Crippen LogP contribution in [-0.4, -0.2) is 59.2 Å². The molecule has 0 spiro atoms. The molecule has 1 N–H and O–H groups in total. The molecule has 42 heavy (non-hydrogen) atoms. The van der Waals surface area contributed by atoms with Gasteiger partial charge in [-0.05, 0) is 56.3 Å². The fourth-order valence-corrected chi connectivity index (χ4v) is 4.87. The highest BCUT2D eigenvalue weighted by molar-refractivity contribution is 6.83. The van der Waals surface area contributed by atoms with E-state index in [0.717, 1.165) is 41.3 Å². The monoisotopic (exact) mass is 575 g/mol. The van der Waals surface area contributed by atoms with Crippen LogP contribution in [0.5, 0.6) is 11.5 Å². The Kier molecular flexibility index (Phi) is 7.96. The molecule has 5 rings (SSSR count). The third kappa shape index (κ3) is 7.11. The lowest BCUT2D eigenvalue weighted by Gasteiger charge is -2.39. The van der Waals surface area contributed by atoms with E-state index in [0.29, 0.717) is 16.8 Å². The van der Waals surface area contributed by atoms with Gasteiger partial charge in [-0.2, -0.15) is 10.4 Å². The number of anilines is 1. The van der Waals surface area contributed by atoms with E-state index in [1.54, 1.807) is 30.8 Å². The number of aliphatic hydroxyl groups is 1. The lowest BCUT2D eigenvalue weighted by atomic mass is 10.0. The fraction of sp³-hybridized carbons (Fsp3) is 0.303. The van der Waals surface area contributed by atoms with E-state index >= 15 is 0 Å². The minimum atomic E-state index is -1.40. The Hall–Kier alpha value is -4.75. The van der Waals surface area contributed by atoms with Crippen LogP contribution in [0.2, 0.25) is 19.6 Å². The van der Waals surface area contributed by atoms with Gasteiger partial charge in [0.2, 0.25) is 0 Å². The Labute approximate surface area is 247 Å². The normalized spacial score (nSPS) is 13.3. The van der Waals surface area contributed by atoms with Crippen molar-refractivity contribution in [2.75, 3.05) is 24.6 Å². The number of fused-ring (bicyclic) bond motifs is 1. The summed E-state index contributed by atoms with van der Waals surface area (Å²) in [5.74, 6) is 11.1. The molecule has 4 heterocycles. The van der Waals surface area contributed by atoms with Crippen LogP contribution in [0.4, 0.5) is 5.82 Å². The summed E-state index contributed by atoms with van der Waals surface area (Å²) in [6, 6.07) is 16.0. The first-order valence-electron chi connectivity index (χ1n) is 13.8. The molecule has 0 radical (unpaired) electrons. The van der Waals surface area contributed by atoms with Crippen LogP contribution in [0.1, 0.15) is 25.0 Å². The van der Waals surface area contributed by atoms with Gasteiger partial charge in [0.25, 0.3) is 0 Å². The van der Waals surface area contributed by atoms with Gasteiger partial charge in [-0.3, -0.25) is 0 Å². The smallest absolute Gasteiger partial charge is 0.149 e. The summed E-state index contributed by atoms with van der Waals surface area (Å²) < 4.78 is 13.6. The number of nitriles is 1. The largest absolute Gasteiger partial charge is 0.487 e. The number of nitrogens with zero attached hydrogens (tertiary/aromatic N) is 5. The van der Waals surface area contributed by atoms with Crippen LogP contribution in [-0.2, 0) is 0 Å². The standard InChI is InChI=1S/C33H33N5O3Si/c1-33(2,39)14-6-15-40-28-17-30(32-26(18-34)20-36-38(32)23-28)25-9-12-31(35-19-25)37-21-29(22-37)41-27-10-7-24(8-11-27)13-16-42(3,4)5/h7-12,17,19-20,23,29,39H,15,21-22H2,1-5H3. The number of ether oxygens (including phenoxy) is 2. The molecule has 1 aliphatic heterocycles. The van der Waals surface area contributed by atoms with E-state index in [9.17, 15) is 10.4 Å². The fourth-order valence-electron chi connectivity index (χ4n) is 4.35. The minimum Gasteiger partial charge on any atom is -0.487 e. The Morgan fingerprint density at radius 3 is 2.48 bits per heavy atom. The molecule has 8 nitrogen and oxygen atoms in total. The topological polar surface area (TPSA) is 95.9 Å². The van der Waals surface area contributed by atoms with Gasteiger partial charge in [0.15, 0.2) is 0 Å². The van der Waals surface area contributed by atoms with E-state index in [1.165, 1.54) is 6.20 Å². The summed E-state index contributed by atoms with van der Waals surface area (Å²) in [7, 11) is -1.40. The van der Waals surface area contributed by atoms with E-state index in [4.69, 9.17) is 14.5 Å². The van der Waals surface area contributed by atoms with Crippen molar-refractivity contribution >= 4 is 19.4 Å². The molecular formula is C33H33N5O3Si. The quantitative estimate of drug-likeness (QED) is 0.258. The number of rotatable bonds is 6. The first-order valence-corrected chi connectivity index (χ1v) is 17.3. The number of hydrogen-bond donors (Lipinski definition) is 1. The maximum absolute atomic E-state index is 9.79. The third-order valence-electron chi connectivity index (χ3n) is 6.38. The molecule has 1 aliphatic rings. The maximum atomic E-state index is 9.79. The summed E-state index contributed by atoms with van der Waals surface area (Å²) in [4.78, 5) is 6.87. The van der Waals surface area contributed by atoms with Crippen molar-refractivity contribution in [3.8, 4) is 52.0 Å². The number of aromatic nitrogens is 3. The average molecular weight is 576 g/mol. The summed E-state index contributed by atoms with van der Waals surface area (Å²) in [6.45, 7) is 11.5. The molecular weight excluding hydrogens is 542 g/mol. The van der Waals surface area contributed by atoms with Gasteiger partial charge < -0.3 is 19.5 Å². The van der Waals surface area contributed by atoms with Gasteiger partial charge in [-0.15, -0.1) is 5.54 Å². The molecule has 3 aromatic heterocycles. The molecule has 0 amide bonds. The first-order chi connectivity index (χ1) is 20.0. The van der Waals surface area contributed by atoms with Crippen molar-refractivity contribution in [1.29, 1.82) is 5.26 Å². The minimum absolute atomic E-state index is 0.0864. The molecule has 0 atom stereocenters. The zero-order valence-corrected chi connectivity index (χ0v) is 25.5. The molecule has 1 fully saturated rings.